The molecule has 4 heteroatoms. The number of aliphatic hydroxyl groups excluding tert-OH is 1. The van der Waals surface area contributed by atoms with E-state index in [0.29, 0.717) is 86.0 Å². The van der Waals surface area contributed by atoms with Gasteiger partial charge in [-0.2, -0.15) is 0 Å². The Morgan fingerprint density at radius 1 is 0.303 bits per heavy atom. The Labute approximate surface area is 488 Å². The molecule has 0 aromatic carbocycles. The first-order chi connectivity index (χ1) is 33.1. The standard InChI is InChI=1S/C11H24O.C10H22O.C9H20O.2C9H20.C8H18O.2C8H18/c1-8(2)12-10(4)9(3)11(5,6)7;1-7-11-9(3)8(2)10(4,5)6;1-7(8(2)10-6)9(3,4)5;2*1-7(2)8(3)9(4,5)6;1-6(7(2)9)8(3,4)5;2*1-6-7(2)8(3,4)5/h8-10H,1-7H3;8-9H,7H2,1-6H3;7-8H,1-6H3;2*7-8H,1-6H3;6-7,9H,1-5H3;2*7H,6H2,1-5H3/t9-,10-;8-,9+;7-,8+;2*8-;6-,7+;2*7-/m00010010/s1. The van der Waals surface area contributed by atoms with Crippen molar-refractivity contribution < 1.29 is 19.3 Å². The average molecular weight is 1090 g/mol. The molecule has 0 aliphatic carbocycles. The predicted molar refractivity (Wildman–Crippen MR) is 354 cm³/mol. The number of ether oxygens (including phenoxy) is 3. The zero-order valence-corrected chi connectivity index (χ0v) is 62.5. The van der Waals surface area contributed by atoms with Crippen molar-refractivity contribution in [3.8, 4) is 0 Å². The SMILES string of the molecule is CC(C)O[C@@H](C)[C@H](C)C(C)(C)C.CC(C)[C@@H](C)C(C)(C)C.CC(C)[C@H](C)C(C)(C)C.CCO[C@H](C)[C@H](C)C(C)(C)C.CC[C@@H](C)C(C)(C)C.CC[C@H](C)C(C)(C)C.CO[C@H](C)[C@H](C)C(C)(C)C.C[C@@H](O)[C@H](C)C(C)(C)C. The number of hydrogen-bond donors (Lipinski definition) is 1. The van der Waals surface area contributed by atoms with Crippen LogP contribution in [0.1, 0.15) is 324 Å². The molecule has 0 amide bonds. The smallest absolute Gasteiger partial charge is 0.0580 e. The van der Waals surface area contributed by atoms with E-state index in [1.807, 2.05) is 13.8 Å². The molecule has 0 saturated carbocycles. The van der Waals surface area contributed by atoms with E-state index in [1.54, 1.807) is 7.11 Å². The second-order valence-corrected chi connectivity index (χ2v) is 33.5. The quantitative estimate of drug-likeness (QED) is 0.200. The Balaban J connectivity index is -0.000000116. The van der Waals surface area contributed by atoms with Crippen LogP contribution in [0.3, 0.4) is 0 Å². The Morgan fingerprint density at radius 3 is 0.618 bits per heavy atom. The summed E-state index contributed by atoms with van der Waals surface area (Å²) in [5.41, 5.74) is 3.26. The minimum atomic E-state index is -0.190. The molecule has 0 rings (SSSR count). The molecule has 0 aromatic rings. The first-order valence-electron chi connectivity index (χ1n) is 31.5. The van der Waals surface area contributed by atoms with E-state index in [0.717, 1.165) is 42.1 Å². The van der Waals surface area contributed by atoms with Gasteiger partial charge in [0.1, 0.15) is 0 Å². The third-order valence-corrected chi connectivity index (χ3v) is 18.5. The summed E-state index contributed by atoms with van der Waals surface area (Å²) in [4.78, 5) is 0. The molecule has 0 spiro atoms. The summed E-state index contributed by atoms with van der Waals surface area (Å²) in [5.74, 6) is 7.15. The molecule has 4 nitrogen and oxygen atoms in total. The lowest BCUT2D eigenvalue weighted by molar-refractivity contribution is -0.0383. The van der Waals surface area contributed by atoms with Gasteiger partial charge < -0.3 is 19.3 Å². The summed E-state index contributed by atoms with van der Waals surface area (Å²) < 4.78 is 16.5. The van der Waals surface area contributed by atoms with Gasteiger partial charge in [-0.1, -0.05) is 276 Å². The molecule has 76 heavy (non-hydrogen) atoms. The highest BCUT2D eigenvalue weighted by Gasteiger charge is 2.29. The predicted octanol–water partition coefficient (Wildman–Crippen LogP) is 24.1. The molecule has 0 saturated heterocycles. The first-order valence-corrected chi connectivity index (χ1v) is 31.5. The number of aliphatic hydroxyl groups is 1. The van der Waals surface area contributed by atoms with Crippen LogP contribution in [0, 0.1) is 102 Å². The van der Waals surface area contributed by atoms with E-state index < -0.39 is 0 Å². The molecule has 0 fully saturated rings. The topological polar surface area (TPSA) is 47.9 Å². The van der Waals surface area contributed by atoms with Gasteiger partial charge in [0.2, 0.25) is 0 Å². The fraction of sp³-hybridized carbons (Fsp3) is 1.00. The highest BCUT2D eigenvalue weighted by atomic mass is 16.5. The van der Waals surface area contributed by atoms with E-state index in [-0.39, 0.29) is 11.5 Å². The highest BCUT2D eigenvalue weighted by Crippen LogP contribution is 2.34. The van der Waals surface area contributed by atoms with Crippen LogP contribution in [0.25, 0.3) is 0 Å². The maximum atomic E-state index is 9.16. The Kier molecular flexibility index (Phi) is 50.7. The Morgan fingerprint density at radius 2 is 0.526 bits per heavy atom. The van der Waals surface area contributed by atoms with E-state index >= 15 is 0 Å². The first kappa shape index (κ1) is 92.3. The van der Waals surface area contributed by atoms with Crippen LogP contribution in [0.2, 0.25) is 0 Å². The van der Waals surface area contributed by atoms with Crippen molar-refractivity contribution in [1.82, 2.24) is 0 Å². The molecule has 1 N–H and O–H groups in total. The molecule has 0 bridgehead atoms. The van der Waals surface area contributed by atoms with Gasteiger partial charge in [-0.25, -0.2) is 0 Å². The van der Waals surface area contributed by atoms with Crippen LogP contribution in [-0.4, -0.2) is 49.3 Å². The van der Waals surface area contributed by atoms with Crippen molar-refractivity contribution in [3.05, 3.63) is 0 Å². The second-order valence-electron chi connectivity index (χ2n) is 33.5. The largest absolute Gasteiger partial charge is 0.393 e. The second kappa shape index (κ2) is 41.8. The molecule has 0 heterocycles. The van der Waals surface area contributed by atoms with E-state index in [2.05, 4.69) is 298 Å². The van der Waals surface area contributed by atoms with Crippen molar-refractivity contribution in [2.75, 3.05) is 13.7 Å². The molecule has 0 radical (unpaired) electrons. The monoisotopic (exact) mass is 1090 g/mol. The van der Waals surface area contributed by atoms with Gasteiger partial charge in [0.05, 0.1) is 30.5 Å². The van der Waals surface area contributed by atoms with Gasteiger partial charge in [-0.05, 0) is 151 Å². The summed E-state index contributed by atoms with van der Waals surface area (Å²) in [6.45, 7) is 101. The zero-order valence-electron chi connectivity index (χ0n) is 62.5. The van der Waals surface area contributed by atoms with Crippen molar-refractivity contribution in [2.24, 2.45) is 102 Å². The lowest BCUT2D eigenvalue weighted by Gasteiger charge is -2.33. The average Bonchev–Trinajstić information content (AvgIpc) is 3.22. The van der Waals surface area contributed by atoms with Gasteiger partial charge in [-0.15, -0.1) is 0 Å². The van der Waals surface area contributed by atoms with Crippen LogP contribution in [0.5, 0.6) is 0 Å². The maximum Gasteiger partial charge on any atom is 0.0580 e. The fourth-order valence-corrected chi connectivity index (χ4v) is 7.22. The Bertz CT molecular complexity index is 1170. The van der Waals surface area contributed by atoms with Gasteiger partial charge in [-0.3, -0.25) is 0 Å². The molecule has 472 valence electrons. The number of hydrogen-bond acceptors (Lipinski definition) is 4. The van der Waals surface area contributed by atoms with Gasteiger partial charge in [0, 0.05) is 13.7 Å². The third kappa shape index (κ3) is 54.4. The summed E-state index contributed by atoms with van der Waals surface area (Å²) >= 11 is 0. The molecular weight excluding hydrogens is 929 g/mol. The van der Waals surface area contributed by atoms with E-state index in [9.17, 15) is 0 Å². The highest BCUT2D eigenvalue weighted by molar-refractivity contribution is 4.78. The van der Waals surface area contributed by atoms with E-state index in [1.165, 1.54) is 12.8 Å². The summed E-state index contributed by atoms with van der Waals surface area (Å²) in [7, 11) is 1.77. The lowest BCUT2D eigenvalue weighted by atomic mass is 9.76. The zero-order chi connectivity index (χ0) is 63.9. The lowest BCUT2D eigenvalue weighted by Crippen LogP contribution is -2.31. The van der Waals surface area contributed by atoms with E-state index in [4.69, 9.17) is 19.3 Å². The van der Waals surface area contributed by atoms with Gasteiger partial charge in [0.15, 0.2) is 0 Å². The van der Waals surface area contributed by atoms with Crippen LogP contribution in [-0.2, 0) is 14.2 Å². The van der Waals surface area contributed by atoms with Crippen LogP contribution in [0.15, 0.2) is 0 Å². The molecule has 0 aromatic heterocycles. The van der Waals surface area contributed by atoms with Gasteiger partial charge >= 0.3 is 0 Å². The minimum absolute atomic E-state index is 0.190. The third-order valence-electron chi connectivity index (χ3n) is 18.5. The fourth-order valence-electron chi connectivity index (χ4n) is 7.22. The van der Waals surface area contributed by atoms with Crippen molar-refractivity contribution in [1.29, 1.82) is 0 Å². The van der Waals surface area contributed by atoms with Crippen molar-refractivity contribution in [3.63, 3.8) is 0 Å². The Hall–Kier alpha value is -0.160. The van der Waals surface area contributed by atoms with Gasteiger partial charge in [0.25, 0.3) is 0 Å². The molecule has 0 unspecified atom stereocenters. The molecule has 0 aliphatic rings. The number of rotatable bonds is 13. The van der Waals surface area contributed by atoms with Crippen molar-refractivity contribution >= 4 is 0 Å². The van der Waals surface area contributed by atoms with Crippen molar-refractivity contribution in [2.45, 2.75) is 355 Å². The minimum Gasteiger partial charge on any atom is -0.393 e. The summed E-state index contributed by atoms with van der Waals surface area (Å²) in [5, 5.41) is 9.16. The van der Waals surface area contributed by atoms with Crippen LogP contribution in [0.4, 0.5) is 0 Å². The maximum absolute atomic E-state index is 9.16. The molecule has 12 atom stereocenters. The molecule has 0 aliphatic heterocycles. The summed E-state index contributed by atoms with van der Waals surface area (Å²) in [6.07, 6.45) is 3.83. The summed E-state index contributed by atoms with van der Waals surface area (Å²) in [6, 6.07) is 0. The molecular formula is C72H160O4. The number of methoxy groups -OCH3 is 1. The van der Waals surface area contributed by atoms with Crippen LogP contribution < -0.4 is 0 Å². The van der Waals surface area contributed by atoms with Crippen LogP contribution >= 0.6 is 0 Å². The normalized spacial score (nSPS) is 17.4.